The molecular weight excluding hydrogens is 212 g/mol. The van der Waals surface area contributed by atoms with Gasteiger partial charge >= 0.3 is 0 Å². The summed E-state index contributed by atoms with van der Waals surface area (Å²) in [4.78, 5) is 0. The largest absolute Gasteiger partial charge is 0.508 e. The molecule has 0 bridgehead atoms. The summed E-state index contributed by atoms with van der Waals surface area (Å²) in [7, 11) is 0. The number of rotatable bonds is 1. The van der Waals surface area contributed by atoms with E-state index in [9.17, 15) is 10.2 Å². The van der Waals surface area contributed by atoms with E-state index in [-0.39, 0.29) is 17.4 Å². The summed E-state index contributed by atoms with van der Waals surface area (Å²) in [5, 5.41) is 19.6. The van der Waals surface area contributed by atoms with Crippen LogP contribution in [0.4, 0.5) is 0 Å². The molecule has 0 saturated carbocycles. The van der Waals surface area contributed by atoms with Crippen LogP contribution in [-0.2, 0) is 17.4 Å². The van der Waals surface area contributed by atoms with E-state index in [1.165, 1.54) is 0 Å². The molecule has 2 heteroatoms. The van der Waals surface area contributed by atoms with Gasteiger partial charge in [-0.15, -0.1) is 0 Å². The van der Waals surface area contributed by atoms with E-state index in [4.69, 9.17) is 0 Å². The minimum absolute atomic E-state index is 0.00988. The third-order valence-corrected chi connectivity index (χ3v) is 2.94. The van der Waals surface area contributed by atoms with Crippen LogP contribution in [0, 0.1) is 0 Å². The molecule has 2 N–H and O–H groups in total. The highest BCUT2D eigenvalue weighted by Gasteiger charge is 2.30. The lowest BCUT2D eigenvalue weighted by Gasteiger charge is -2.32. The van der Waals surface area contributed by atoms with E-state index in [2.05, 4.69) is 41.5 Å². The molecule has 0 aliphatic carbocycles. The normalized spacial score (nSPS) is 12.9. The van der Waals surface area contributed by atoms with Crippen LogP contribution in [-0.4, -0.2) is 10.2 Å². The van der Waals surface area contributed by atoms with Gasteiger partial charge in [0.25, 0.3) is 0 Å². The fourth-order valence-corrected chi connectivity index (χ4v) is 2.38. The summed E-state index contributed by atoms with van der Waals surface area (Å²) < 4.78 is 0. The lowest BCUT2D eigenvalue weighted by atomic mass is 9.73. The van der Waals surface area contributed by atoms with Gasteiger partial charge < -0.3 is 10.2 Å². The molecule has 0 aromatic heterocycles. The second-order valence-corrected chi connectivity index (χ2v) is 6.65. The summed E-state index contributed by atoms with van der Waals surface area (Å²) in [5.74, 6) is 0.319. The van der Waals surface area contributed by atoms with Gasteiger partial charge in [0.05, 0.1) is 6.61 Å². The van der Waals surface area contributed by atoms with Gasteiger partial charge in [-0.25, -0.2) is 0 Å². The van der Waals surface area contributed by atoms with Crippen molar-refractivity contribution in [1.82, 2.24) is 0 Å². The molecule has 0 spiro atoms. The van der Waals surface area contributed by atoms with Crippen LogP contribution in [0.15, 0.2) is 12.1 Å². The highest BCUT2D eigenvalue weighted by Crippen LogP contribution is 2.41. The van der Waals surface area contributed by atoms with Crippen molar-refractivity contribution >= 4 is 0 Å². The van der Waals surface area contributed by atoms with Crippen LogP contribution in [0.25, 0.3) is 0 Å². The Bertz CT molecular complexity index is 406. The number of phenolic OH excluding ortho intramolecular Hbond substituents is 1. The third-order valence-electron chi connectivity index (χ3n) is 2.94. The number of hydrogen-bond donors (Lipinski definition) is 2. The van der Waals surface area contributed by atoms with Crippen molar-refractivity contribution in [3.8, 4) is 5.75 Å². The van der Waals surface area contributed by atoms with Crippen LogP contribution in [0.1, 0.15) is 58.2 Å². The first-order chi connectivity index (χ1) is 7.59. The lowest BCUT2D eigenvalue weighted by Crippen LogP contribution is -2.24. The Balaban J connectivity index is 3.67. The maximum Gasteiger partial charge on any atom is 0.119 e. The number of phenols is 1. The van der Waals surface area contributed by atoms with Crippen molar-refractivity contribution in [2.45, 2.75) is 59.0 Å². The maximum absolute atomic E-state index is 10.1. The van der Waals surface area contributed by atoms with Crippen molar-refractivity contribution in [2.24, 2.45) is 0 Å². The van der Waals surface area contributed by atoms with Gasteiger partial charge in [-0.1, -0.05) is 47.6 Å². The summed E-state index contributed by atoms with van der Waals surface area (Å²) in [5.41, 5.74) is 2.67. The first kappa shape index (κ1) is 14.0. The first-order valence-corrected chi connectivity index (χ1v) is 6.05. The summed E-state index contributed by atoms with van der Waals surface area (Å²) in [6, 6.07) is 3.49. The molecule has 1 aromatic rings. The number of hydrogen-bond acceptors (Lipinski definition) is 2. The molecule has 0 amide bonds. The summed E-state index contributed by atoms with van der Waals surface area (Å²) in [6.07, 6.45) is 0. The van der Waals surface area contributed by atoms with Crippen molar-refractivity contribution in [2.75, 3.05) is 0 Å². The smallest absolute Gasteiger partial charge is 0.119 e. The Morgan fingerprint density at radius 1 is 0.882 bits per heavy atom. The molecule has 0 aliphatic rings. The quantitative estimate of drug-likeness (QED) is 0.783. The Hall–Kier alpha value is -1.02. The van der Waals surface area contributed by atoms with E-state index in [0.717, 1.165) is 16.7 Å². The average molecular weight is 236 g/mol. The highest BCUT2D eigenvalue weighted by molar-refractivity contribution is 5.51. The summed E-state index contributed by atoms with van der Waals surface area (Å²) in [6.45, 7) is 12.6. The van der Waals surface area contributed by atoms with Crippen molar-refractivity contribution in [3.63, 3.8) is 0 Å². The Labute approximate surface area is 104 Å². The monoisotopic (exact) mass is 236 g/mol. The first-order valence-electron chi connectivity index (χ1n) is 6.05. The fourth-order valence-electron chi connectivity index (χ4n) is 2.38. The average Bonchev–Trinajstić information content (AvgIpc) is 2.13. The molecule has 96 valence electrons. The fraction of sp³-hybridized carbons (Fsp3) is 0.600. The van der Waals surface area contributed by atoms with Gasteiger partial charge in [0, 0.05) is 5.56 Å². The predicted octanol–water partition coefficient (Wildman–Crippen LogP) is 3.48. The Morgan fingerprint density at radius 3 is 1.71 bits per heavy atom. The molecule has 0 fully saturated rings. The Morgan fingerprint density at radius 2 is 1.35 bits per heavy atom. The number of aliphatic hydroxyl groups is 1. The van der Waals surface area contributed by atoms with Gasteiger partial charge in [0.2, 0.25) is 0 Å². The topological polar surface area (TPSA) is 40.5 Å². The Kier molecular flexibility index (Phi) is 3.58. The molecule has 2 nitrogen and oxygen atoms in total. The molecule has 0 saturated heterocycles. The van der Waals surface area contributed by atoms with E-state index in [1.54, 1.807) is 6.07 Å². The third kappa shape index (κ3) is 2.81. The second kappa shape index (κ2) is 4.34. The minimum Gasteiger partial charge on any atom is -0.508 e. The summed E-state index contributed by atoms with van der Waals surface area (Å²) >= 11 is 0. The molecule has 1 aromatic carbocycles. The predicted molar refractivity (Wildman–Crippen MR) is 71.4 cm³/mol. The van der Waals surface area contributed by atoms with Crippen LogP contribution in [0.3, 0.4) is 0 Å². The van der Waals surface area contributed by atoms with Gasteiger partial charge in [-0.2, -0.15) is 0 Å². The molecule has 0 unspecified atom stereocenters. The van der Waals surface area contributed by atoms with Crippen molar-refractivity contribution in [1.29, 1.82) is 0 Å². The zero-order valence-electron chi connectivity index (χ0n) is 11.8. The zero-order chi connectivity index (χ0) is 13.4. The van der Waals surface area contributed by atoms with Crippen LogP contribution < -0.4 is 0 Å². The molecule has 0 atom stereocenters. The molecule has 0 radical (unpaired) electrons. The molecule has 1 rings (SSSR count). The lowest BCUT2D eigenvalue weighted by molar-refractivity contribution is 0.277. The minimum atomic E-state index is -0.141. The van der Waals surface area contributed by atoms with Gasteiger partial charge in [-0.3, -0.25) is 0 Å². The number of aliphatic hydroxyl groups excluding tert-OH is 1. The van der Waals surface area contributed by atoms with Crippen LogP contribution in [0.5, 0.6) is 5.75 Å². The van der Waals surface area contributed by atoms with Crippen LogP contribution in [0.2, 0.25) is 0 Å². The molecular formula is C15H24O2. The highest BCUT2D eigenvalue weighted by atomic mass is 16.3. The van der Waals surface area contributed by atoms with E-state index in [1.807, 2.05) is 6.07 Å². The van der Waals surface area contributed by atoms with E-state index < -0.39 is 0 Å². The standard InChI is InChI=1S/C15H24O2/c1-14(2,3)12-10(9-16)7-8-11(17)13(12)15(4,5)6/h7-8,16-17H,9H2,1-6H3. The van der Waals surface area contributed by atoms with E-state index in [0.29, 0.717) is 5.75 Å². The molecule has 0 aliphatic heterocycles. The van der Waals surface area contributed by atoms with Crippen molar-refractivity contribution in [3.05, 3.63) is 28.8 Å². The molecule has 0 heterocycles. The van der Waals surface area contributed by atoms with Gasteiger partial charge in [0.15, 0.2) is 0 Å². The molecule has 17 heavy (non-hydrogen) atoms. The van der Waals surface area contributed by atoms with Crippen LogP contribution >= 0.6 is 0 Å². The van der Waals surface area contributed by atoms with Gasteiger partial charge in [-0.05, 0) is 28.0 Å². The number of aromatic hydroxyl groups is 1. The van der Waals surface area contributed by atoms with Gasteiger partial charge in [0.1, 0.15) is 5.75 Å². The zero-order valence-corrected chi connectivity index (χ0v) is 11.8. The maximum atomic E-state index is 10.1. The SMILES string of the molecule is CC(C)(C)c1c(O)ccc(CO)c1C(C)(C)C. The second-order valence-electron chi connectivity index (χ2n) is 6.65. The van der Waals surface area contributed by atoms with E-state index >= 15 is 0 Å². The van der Waals surface area contributed by atoms with Crippen molar-refractivity contribution < 1.29 is 10.2 Å². The number of benzene rings is 1.